The van der Waals surface area contributed by atoms with Crippen molar-refractivity contribution in [3.05, 3.63) is 29.8 Å². The van der Waals surface area contributed by atoms with Crippen LogP contribution in [0.25, 0.3) is 0 Å². The topological polar surface area (TPSA) is 261 Å². The van der Waals surface area contributed by atoms with E-state index >= 15 is 0 Å². The zero-order valence-corrected chi connectivity index (χ0v) is 21.5. The smallest absolute Gasteiger partial charge is 0.317 e. The Hall–Kier alpha value is -4.32. The molecule has 1 rings (SSSR count). The van der Waals surface area contributed by atoms with Gasteiger partial charge in [-0.15, -0.1) is 0 Å². The number of carboxylic acid groups (broad SMARTS) is 5. The number of benzene rings is 1. The molecule has 17 nitrogen and oxygen atoms in total. The van der Waals surface area contributed by atoms with E-state index in [1.54, 1.807) is 12.1 Å². The molecule has 0 fully saturated rings. The minimum absolute atomic E-state index is 0.102. The third kappa shape index (κ3) is 14.6. The summed E-state index contributed by atoms with van der Waals surface area (Å²) in [5.41, 5.74) is 2.53. The van der Waals surface area contributed by atoms with Crippen molar-refractivity contribution < 1.29 is 59.0 Å². The number of hydrogen-bond acceptors (Lipinski definition) is 11. The summed E-state index contributed by atoms with van der Waals surface area (Å²) in [6, 6.07) is 5.50. The summed E-state index contributed by atoms with van der Waals surface area (Å²) in [5.74, 6) is -1.69. The average molecular weight is 572 g/mol. The van der Waals surface area contributed by atoms with Crippen molar-refractivity contribution in [2.75, 3.05) is 59.0 Å². The molecule has 222 valence electrons. The van der Waals surface area contributed by atoms with E-state index in [4.69, 9.17) is 20.8 Å². The molecule has 1 unspecified atom stereocenters. The predicted molar refractivity (Wildman–Crippen MR) is 134 cm³/mol. The van der Waals surface area contributed by atoms with Gasteiger partial charge in [-0.1, -0.05) is 12.1 Å². The molecule has 17 heteroatoms. The van der Waals surface area contributed by atoms with Crippen molar-refractivity contribution in [2.24, 2.45) is 5.84 Å². The second-order valence-electron chi connectivity index (χ2n) is 8.68. The van der Waals surface area contributed by atoms with Gasteiger partial charge in [-0.2, -0.15) is 0 Å². The Balaban J connectivity index is 3.27. The Morgan fingerprint density at radius 1 is 0.725 bits per heavy atom. The zero-order chi connectivity index (χ0) is 30.2. The fraction of sp³-hybridized carbons (Fsp3) is 0.478. The van der Waals surface area contributed by atoms with Crippen LogP contribution in [0.2, 0.25) is 0 Å². The second kappa shape index (κ2) is 17.3. The Morgan fingerprint density at radius 2 is 1.20 bits per heavy atom. The van der Waals surface area contributed by atoms with Crippen LogP contribution in [0, 0.1) is 0 Å². The van der Waals surface area contributed by atoms with Gasteiger partial charge in [0.25, 0.3) is 5.91 Å². The van der Waals surface area contributed by atoms with Crippen molar-refractivity contribution in [2.45, 2.75) is 12.5 Å². The average Bonchev–Trinajstić information content (AvgIpc) is 2.83. The third-order valence-corrected chi connectivity index (χ3v) is 5.39. The van der Waals surface area contributed by atoms with Gasteiger partial charge in [-0.05, 0) is 24.1 Å². The molecule has 40 heavy (non-hydrogen) atoms. The monoisotopic (exact) mass is 571 g/mol. The first-order chi connectivity index (χ1) is 18.8. The summed E-state index contributed by atoms with van der Waals surface area (Å²) in [7, 11) is 0. The largest absolute Gasteiger partial charge is 0.484 e. The van der Waals surface area contributed by atoms with Crippen LogP contribution in [-0.4, -0.2) is 141 Å². The fourth-order valence-corrected chi connectivity index (χ4v) is 3.79. The van der Waals surface area contributed by atoms with Crippen molar-refractivity contribution in [1.29, 1.82) is 0 Å². The highest BCUT2D eigenvalue weighted by atomic mass is 16.5. The van der Waals surface area contributed by atoms with Crippen LogP contribution in [0.5, 0.6) is 5.75 Å². The van der Waals surface area contributed by atoms with E-state index in [-0.39, 0.29) is 32.7 Å². The summed E-state index contributed by atoms with van der Waals surface area (Å²) in [6.07, 6.45) is 0.102. The molecule has 0 aliphatic carbocycles. The second-order valence-corrected chi connectivity index (χ2v) is 8.68. The van der Waals surface area contributed by atoms with E-state index in [0.29, 0.717) is 11.3 Å². The van der Waals surface area contributed by atoms with E-state index in [0.717, 1.165) is 9.80 Å². The van der Waals surface area contributed by atoms with Gasteiger partial charge in [0.2, 0.25) is 0 Å². The minimum Gasteiger partial charge on any atom is -0.484 e. The van der Waals surface area contributed by atoms with Crippen LogP contribution in [0.4, 0.5) is 0 Å². The van der Waals surface area contributed by atoms with Crippen molar-refractivity contribution in [1.82, 2.24) is 20.1 Å². The molecule has 0 spiro atoms. The van der Waals surface area contributed by atoms with Gasteiger partial charge in [0.15, 0.2) is 6.61 Å². The Morgan fingerprint density at radius 3 is 1.65 bits per heavy atom. The van der Waals surface area contributed by atoms with Crippen molar-refractivity contribution in [3.8, 4) is 5.75 Å². The lowest BCUT2D eigenvalue weighted by molar-refractivity contribution is -0.143. The van der Waals surface area contributed by atoms with E-state index in [1.165, 1.54) is 17.0 Å². The molecule has 0 saturated heterocycles. The quantitative estimate of drug-likeness (QED) is 0.0449. The number of nitrogens with zero attached hydrogens (tertiary/aromatic N) is 3. The van der Waals surface area contributed by atoms with Crippen LogP contribution in [-0.2, 0) is 35.2 Å². The first kappa shape index (κ1) is 33.7. The number of carbonyl (C=O) groups excluding carboxylic acids is 1. The van der Waals surface area contributed by atoms with Crippen LogP contribution >= 0.6 is 0 Å². The highest BCUT2D eigenvalue weighted by Gasteiger charge is 2.27. The normalized spacial score (nSPS) is 11.8. The molecule has 0 bridgehead atoms. The van der Waals surface area contributed by atoms with E-state index in [2.05, 4.69) is 0 Å². The number of nitrogens with one attached hydrogen (secondary N) is 1. The van der Waals surface area contributed by atoms with Gasteiger partial charge in [0.05, 0.1) is 32.7 Å². The van der Waals surface area contributed by atoms with Crippen LogP contribution in [0.3, 0.4) is 0 Å². The first-order valence-corrected chi connectivity index (χ1v) is 11.8. The summed E-state index contributed by atoms with van der Waals surface area (Å²) in [4.78, 5) is 71.6. The molecular weight excluding hydrogens is 538 g/mol. The molecular formula is C23H33N5O12. The maximum Gasteiger partial charge on any atom is 0.317 e. The Bertz CT molecular complexity index is 1000. The van der Waals surface area contributed by atoms with Crippen LogP contribution in [0.1, 0.15) is 5.56 Å². The van der Waals surface area contributed by atoms with Crippen molar-refractivity contribution >= 4 is 35.8 Å². The number of amides is 1. The SMILES string of the molecule is NNC(=O)COc1ccc(CC(CN(CC(=O)O)CC(=O)O)N(CCN(CC(=O)O)CC(=O)O)CC(=O)O)cc1. The molecule has 0 aliphatic heterocycles. The summed E-state index contributed by atoms with van der Waals surface area (Å²) < 4.78 is 5.28. The van der Waals surface area contributed by atoms with Crippen LogP contribution < -0.4 is 16.0 Å². The van der Waals surface area contributed by atoms with Gasteiger partial charge in [0.1, 0.15) is 5.75 Å². The summed E-state index contributed by atoms with van der Waals surface area (Å²) in [6.45, 7) is -3.93. The Kier molecular flexibility index (Phi) is 14.6. The number of hydrogen-bond donors (Lipinski definition) is 7. The van der Waals surface area contributed by atoms with E-state index < -0.39 is 74.5 Å². The number of carbonyl (C=O) groups is 6. The standard InChI is InChI=1S/C23H33N5O12/c24-25-18(29)14-40-17-3-1-15(2-4-17)7-16(8-27(11-21(34)35)12-22(36)37)28(13-23(38)39)6-5-26(9-19(30)31)10-20(32)33/h1-4,16H,5-14,24H2,(H,25,29)(H,30,31)(H,32,33)(H,34,35)(H,36,37)(H,38,39). The number of carboxylic acids is 5. The zero-order valence-electron chi connectivity index (χ0n) is 21.5. The van der Waals surface area contributed by atoms with Gasteiger partial charge < -0.3 is 30.3 Å². The summed E-state index contributed by atoms with van der Waals surface area (Å²) >= 11 is 0. The highest BCUT2D eigenvalue weighted by Crippen LogP contribution is 2.17. The fourth-order valence-electron chi connectivity index (χ4n) is 3.79. The number of hydrazine groups is 1. The molecule has 1 amide bonds. The lowest BCUT2D eigenvalue weighted by Gasteiger charge is -2.35. The van der Waals surface area contributed by atoms with Gasteiger partial charge >= 0.3 is 29.8 Å². The Labute approximate surface area is 228 Å². The third-order valence-electron chi connectivity index (χ3n) is 5.39. The number of ether oxygens (including phenoxy) is 1. The number of nitrogens with two attached hydrogens (primary N) is 1. The van der Waals surface area contributed by atoms with E-state index in [9.17, 15) is 44.1 Å². The molecule has 1 aromatic carbocycles. The molecule has 1 aromatic rings. The highest BCUT2D eigenvalue weighted by molar-refractivity contribution is 5.76. The van der Waals surface area contributed by atoms with Gasteiger partial charge in [-0.25, -0.2) is 5.84 Å². The maximum absolute atomic E-state index is 11.7. The van der Waals surface area contributed by atoms with Gasteiger partial charge in [-0.3, -0.25) is 48.9 Å². The number of rotatable bonds is 21. The minimum atomic E-state index is -1.30. The lowest BCUT2D eigenvalue weighted by Crippen LogP contribution is -2.51. The molecule has 0 radical (unpaired) electrons. The number of aliphatic carboxylic acids is 5. The summed E-state index contributed by atoms with van der Waals surface area (Å²) in [5, 5.41) is 46.3. The van der Waals surface area contributed by atoms with E-state index in [1.807, 2.05) is 5.43 Å². The predicted octanol–water partition coefficient (Wildman–Crippen LogP) is -2.70. The lowest BCUT2D eigenvalue weighted by atomic mass is 10.0. The maximum atomic E-state index is 11.7. The van der Waals surface area contributed by atoms with Gasteiger partial charge in [0, 0.05) is 25.7 Å². The molecule has 0 saturated carbocycles. The first-order valence-electron chi connectivity index (χ1n) is 11.8. The molecule has 8 N–H and O–H groups in total. The van der Waals surface area contributed by atoms with Crippen LogP contribution in [0.15, 0.2) is 24.3 Å². The molecule has 0 aromatic heterocycles. The molecule has 0 aliphatic rings. The molecule has 0 heterocycles. The molecule has 1 atom stereocenters. The van der Waals surface area contributed by atoms with Crippen molar-refractivity contribution in [3.63, 3.8) is 0 Å².